The molecule has 1 unspecified atom stereocenters. The first kappa shape index (κ1) is 11.4. The number of allylic oxidation sites excluding steroid dienone is 1. The Morgan fingerprint density at radius 3 is 2.50 bits per heavy atom. The summed E-state index contributed by atoms with van der Waals surface area (Å²) in [4.78, 5) is 9.92. The summed E-state index contributed by atoms with van der Waals surface area (Å²) in [6.45, 7) is 4.25. The summed E-state index contributed by atoms with van der Waals surface area (Å²) < 4.78 is 0. The SMILES string of the molecule is CC(C)CCC(O)/C=C/CC=O. The number of carbonyl (C=O) groups is 1. The van der Waals surface area contributed by atoms with Gasteiger partial charge in [0.25, 0.3) is 0 Å². The number of aliphatic hydroxyl groups is 1. The second kappa shape index (κ2) is 7.04. The molecule has 0 aliphatic heterocycles. The smallest absolute Gasteiger partial charge is 0.123 e. The zero-order chi connectivity index (χ0) is 9.40. The highest BCUT2D eigenvalue weighted by Crippen LogP contribution is 2.07. The Labute approximate surface area is 74.3 Å². The van der Waals surface area contributed by atoms with E-state index >= 15 is 0 Å². The van der Waals surface area contributed by atoms with Crippen LogP contribution in [0.25, 0.3) is 0 Å². The van der Waals surface area contributed by atoms with Gasteiger partial charge in [0.2, 0.25) is 0 Å². The third-order valence-electron chi connectivity index (χ3n) is 1.63. The van der Waals surface area contributed by atoms with Crippen LogP contribution in [-0.2, 0) is 4.79 Å². The van der Waals surface area contributed by atoms with Crippen LogP contribution in [0.4, 0.5) is 0 Å². The van der Waals surface area contributed by atoms with Gasteiger partial charge in [-0.2, -0.15) is 0 Å². The highest BCUT2D eigenvalue weighted by molar-refractivity contribution is 5.51. The van der Waals surface area contributed by atoms with Crippen LogP contribution in [-0.4, -0.2) is 17.5 Å². The van der Waals surface area contributed by atoms with Gasteiger partial charge in [-0.3, -0.25) is 0 Å². The molecule has 12 heavy (non-hydrogen) atoms. The standard InChI is InChI=1S/C10H18O2/c1-9(2)6-7-10(12)5-3-4-8-11/h3,5,8-10,12H,4,6-7H2,1-2H3/b5-3+. The molecule has 0 heterocycles. The van der Waals surface area contributed by atoms with Crippen molar-refractivity contribution in [2.75, 3.05) is 0 Å². The molecule has 0 aliphatic rings. The predicted octanol–water partition coefficient (Wildman–Crippen LogP) is 1.93. The fourth-order valence-electron chi connectivity index (χ4n) is 0.892. The Hall–Kier alpha value is -0.630. The van der Waals surface area contributed by atoms with Crippen molar-refractivity contribution in [3.8, 4) is 0 Å². The van der Waals surface area contributed by atoms with Gasteiger partial charge in [-0.1, -0.05) is 26.0 Å². The van der Waals surface area contributed by atoms with Crippen molar-refractivity contribution in [1.82, 2.24) is 0 Å². The molecule has 0 bridgehead atoms. The lowest BCUT2D eigenvalue weighted by Gasteiger charge is -2.06. The predicted molar refractivity (Wildman–Crippen MR) is 49.9 cm³/mol. The van der Waals surface area contributed by atoms with Crippen LogP contribution in [0.2, 0.25) is 0 Å². The summed E-state index contributed by atoms with van der Waals surface area (Å²) in [5.41, 5.74) is 0. The van der Waals surface area contributed by atoms with Crippen molar-refractivity contribution in [3.05, 3.63) is 12.2 Å². The molecule has 0 amide bonds. The molecule has 0 saturated carbocycles. The molecule has 2 nitrogen and oxygen atoms in total. The van der Waals surface area contributed by atoms with E-state index in [4.69, 9.17) is 0 Å². The minimum absolute atomic E-state index is 0.382. The van der Waals surface area contributed by atoms with Crippen LogP contribution >= 0.6 is 0 Å². The van der Waals surface area contributed by atoms with Gasteiger partial charge in [-0.05, 0) is 18.8 Å². The lowest BCUT2D eigenvalue weighted by atomic mass is 10.0. The molecule has 0 aromatic carbocycles. The lowest BCUT2D eigenvalue weighted by molar-refractivity contribution is -0.107. The zero-order valence-electron chi connectivity index (χ0n) is 7.86. The van der Waals surface area contributed by atoms with Crippen LogP contribution in [0.3, 0.4) is 0 Å². The van der Waals surface area contributed by atoms with Gasteiger partial charge in [-0.25, -0.2) is 0 Å². The highest BCUT2D eigenvalue weighted by Gasteiger charge is 2.00. The molecule has 1 atom stereocenters. The van der Waals surface area contributed by atoms with E-state index in [0.717, 1.165) is 19.1 Å². The third-order valence-corrected chi connectivity index (χ3v) is 1.63. The Kier molecular flexibility index (Phi) is 6.67. The highest BCUT2D eigenvalue weighted by atomic mass is 16.3. The van der Waals surface area contributed by atoms with E-state index in [1.807, 2.05) is 0 Å². The normalized spacial score (nSPS) is 14.0. The Morgan fingerprint density at radius 2 is 2.00 bits per heavy atom. The molecule has 0 saturated heterocycles. The third kappa shape index (κ3) is 7.48. The van der Waals surface area contributed by atoms with E-state index in [9.17, 15) is 9.90 Å². The maximum atomic E-state index is 9.92. The van der Waals surface area contributed by atoms with Crippen LogP contribution in [0.1, 0.15) is 33.1 Å². The second-order valence-electron chi connectivity index (χ2n) is 3.37. The Balaban J connectivity index is 3.44. The number of carbonyl (C=O) groups excluding carboxylic acids is 1. The number of hydrogen-bond acceptors (Lipinski definition) is 2. The summed E-state index contributed by atoms with van der Waals surface area (Å²) in [5, 5.41) is 9.32. The number of rotatable bonds is 6. The quantitative estimate of drug-likeness (QED) is 0.488. The number of aliphatic hydroxyl groups excluding tert-OH is 1. The monoisotopic (exact) mass is 170 g/mol. The maximum absolute atomic E-state index is 9.92. The average molecular weight is 170 g/mol. The maximum Gasteiger partial charge on any atom is 0.123 e. The average Bonchev–Trinajstić information content (AvgIpc) is 2.01. The second-order valence-corrected chi connectivity index (χ2v) is 3.37. The van der Waals surface area contributed by atoms with Crippen LogP contribution in [0, 0.1) is 5.92 Å². The number of aldehydes is 1. The van der Waals surface area contributed by atoms with E-state index < -0.39 is 0 Å². The molecular weight excluding hydrogens is 152 g/mol. The lowest BCUT2D eigenvalue weighted by Crippen LogP contribution is -2.03. The fraction of sp³-hybridized carbons (Fsp3) is 0.700. The molecule has 0 spiro atoms. The molecular formula is C10H18O2. The van der Waals surface area contributed by atoms with Crippen molar-refractivity contribution in [2.45, 2.75) is 39.2 Å². The van der Waals surface area contributed by atoms with Gasteiger partial charge in [0.05, 0.1) is 6.10 Å². The van der Waals surface area contributed by atoms with Gasteiger partial charge < -0.3 is 9.90 Å². The Bertz CT molecular complexity index is 139. The van der Waals surface area contributed by atoms with Gasteiger partial charge in [0, 0.05) is 6.42 Å². The van der Waals surface area contributed by atoms with E-state index in [1.165, 1.54) is 0 Å². The molecule has 0 aliphatic carbocycles. The van der Waals surface area contributed by atoms with E-state index in [1.54, 1.807) is 12.2 Å². The van der Waals surface area contributed by atoms with Crippen LogP contribution in [0.15, 0.2) is 12.2 Å². The van der Waals surface area contributed by atoms with Crippen molar-refractivity contribution >= 4 is 6.29 Å². The van der Waals surface area contributed by atoms with Crippen molar-refractivity contribution in [1.29, 1.82) is 0 Å². The largest absolute Gasteiger partial charge is 0.389 e. The van der Waals surface area contributed by atoms with E-state index in [2.05, 4.69) is 13.8 Å². The minimum atomic E-state index is -0.382. The fourth-order valence-corrected chi connectivity index (χ4v) is 0.892. The zero-order valence-corrected chi connectivity index (χ0v) is 7.86. The molecule has 70 valence electrons. The first-order chi connectivity index (χ1) is 5.66. The van der Waals surface area contributed by atoms with Crippen LogP contribution in [0.5, 0.6) is 0 Å². The topological polar surface area (TPSA) is 37.3 Å². The molecule has 0 aromatic rings. The molecule has 0 radical (unpaired) electrons. The minimum Gasteiger partial charge on any atom is -0.389 e. The van der Waals surface area contributed by atoms with E-state index in [0.29, 0.717) is 12.3 Å². The molecule has 0 fully saturated rings. The van der Waals surface area contributed by atoms with Gasteiger partial charge in [0.15, 0.2) is 0 Å². The molecule has 0 rings (SSSR count). The van der Waals surface area contributed by atoms with Crippen molar-refractivity contribution in [3.63, 3.8) is 0 Å². The summed E-state index contributed by atoms with van der Waals surface area (Å²) in [6, 6.07) is 0. The summed E-state index contributed by atoms with van der Waals surface area (Å²) in [6.07, 6.45) is 6.05. The number of hydrogen-bond donors (Lipinski definition) is 1. The van der Waals surface area contributed by atoms with Crippen molar-refractivity contribution in [2.24, 2.45) is 5.92 Å². The van der Waals surface area contributed by atoms with Gasteiger partial charge >= 0.3 is 0 Å². The van der Waals surface area contributed by atoms with Crippen molar-refractivity contribution < 1.29 is 9.90 Å². The van der Waals surface area contributed by atoms with E-state index in [-0.39, 0.29) is 6.10 Å². The Morgan fingerprint density at radius 1 is 1.33 bits per heavy atom. The molecule has 2 heteroatoms. The summed E-state index contributed by atoms with van der Waals surface area (Å²) in [5.74, 6) is 0.624. The van der Waals surface area contributed by atoms with Crippen LogP contribution < -0.4 is 0 Å². The molecule has 1 N–H and O–H groups in total. The summed E-state index contributed by atoms with van der Waals surface area (Å²) >= 11 is 0. The summed E-state index contributed by atoms with van der Waals surface area (Å²) in [7, 11) is 0. The first-order valence-corrected chi connectivity index (χ1v) is 4.45. The van der Waals surface area contributed by atoms with Gasteiger partial charge in [-0.15, -0.1) is 0 Å². The molecule has 0 aromatic heterocycles. The van der Waals surface area contributed by atoms with Gasteiger partial charge in [0.1, 0.15) is 6.29 Å². The first-order valence-electron chi connectivity index (χ1n) is 4.45.